The van der Waals surface area contributed by atoms with E-state index >= 15 is 0 Å². The fourth-order valence-electron chi connectivity index (χ4n) is 4.21. The second-order valence-corrected chi connectivity index (χ2v) is 8.54. The molecule has 10 nitrogen and oxygen atoms in total. The Balaban J connectivity index is 1.48. The molecule has 0 unspecified atom stereocenters. The lowest BCUT2D eigenvalue weighted by molar-refractivity contribution is 0.0526. The Morgan fingerprint density at radius 2 is 2.06 bits per heavy atom. The third kappa shape index (κ3) is 6.31. The monoisotopic (exact) mass is 489 g/mol. The van der Waals surface area contributed by atoms with E-state index in [0.29, 0.717) is 54.1 Å². The number of H-pyrrole nitrogens is 1. The molecule has 3 heterocycles. The number of carbonyl (C=O) groups is 1. The van der Waals surface area contributed by atoms with Crippen LogP contribution in [0, 0.1) is 18.3 Å². The van der Waals surface area contributed by atoms with Crippen LogP contribution in [-0.4, -0.2) is 54.0 Å². The zero-order chi connectivity index (χ0) is 25.3. The van der Waals surface area contributed by atoms with Gasteiger partial charge in [-0.3, -0.25) is 5.10 Å². The normalized spacial score (nSPS) is 13.6. The molecule has 188 valence electrons. The molecule has 1 aliphatic heterocycles. The number of aromatic nitrogens is 3. The van der Waals surface area contributed by atoms with E-state index in [-0.39, 0.29) is 11.9 Å². The number of ether oxygens (including phenoxy) is 2. The summed E-state index contributed by atoms with van der Waals surface area (Å²) in [5.74, 6) is 2.25. The van der Waals surface area contributed by atoms with Crippen LogP contribution < -0.4 is 20.7 Å². The highest BCUT2D eigenvalue weighted by molar-refractivity contribution is 5.89. The lowest BCUT2D eigenvalue weighted by Gasteiger charge is -2.25. The average molecular weight is 490 g/mol. The van der Waals surface area contributed by atoms with Crippen LogP contribution in [0.5, 0.6) is 5.75 Å². The standard InChI is InChI=1S/C26H31N7O3/c1-3-35-26(34)19-5-4-6-20(14-19)36-12-11-29-25-22(16-27)21(18-7-9-28-10-8-18)15-23(31-25)30-24-13-17(2)32-33-24/h4-6,13-15,18,28H,3,7-12H2,1-2H3,(H3,29,30,31,32,33). The first-order valence-electron chi connectivity index (χ1n) is 12.2. The summed E-state index contributed by atoms with van der Waals surface area (Å²) in [5, 5.41) is 27.1. The van der Waals surface area contributed by atoms with Gasteiger partial charge >= 0.3 is 5.97 Å². The van der Waals surface area contributed by atoms with Crippen molar-refractivity contribution in [2.24, 2.45) is 0 Å². The van der Waals surface area contributed by atoms with Crippen LogP contribution in [0.1, 0.15) is 52.9 Å². The highest BCUT2D eigenvalue weighted by Crippen LogP contribution is 2.33. The van der Waals surface area contributed by atoms with Crippen molar-refractivity contribution >= 4 is 23.4 Å². The number of nitrogens with zero attached hydrogens (tertiary/aromatic N) is 3. The zero-order valence-corrected chi connectivity index (χ0v) is 20.6. The molecule has 0 aliphatic carbocycles. The van der Waals surface area contributed by atoms with E-state index in [0.717, 1.165) is 37.2 Å². The molecular formula is C26H31N7O3. The molecule has 0 amide bonds. The Kier molecular flexibility index (Phi) is 8.36. The van der Waals surface area contributed by atoms with Gasteiger partial charge in [0.15, 0.2) is 5.82 Å². The van der Waals surface area contributed by atoms with Crippen LogP contribution in [-0.2, 0) is 4.74 Å². The number of nitrogens with one attached hydrogen (secondary N) is 4. The predicted octanol–water partition coefficient (Wildman–Crippen LogP) is 3.86. The minimum absolute atomic E-state index is 0.271. The van der Waals surface area contributed by atoms with E-state index in [4.69, 9.17) is 9.47 Å². The smallest absolute Gasteiger partial charge is 0.338 e. The number of hydrogen-bond donors (Lipinski definition) is 4. The van der Waals surface area contributed by atoms with Crippen LogP contribution in [0.15, 0.2) is 36.4 Å². The lowest BCUT2D eigenvalue weighted by Crippen LogP contribution is -2.27. The fourth-order valence-corrected chi connectivity index (χ4v) is 4.21. The van der Waals surface area contributed by atoms with Crippen molar-refractivity contribution in [1.29, 1.82) is 5.26 Å². The maximum absolute atomic E-state index is 12.0. The van der Waals surface area contributed by atoms with Crippen LogP contribution in [0.4, 0.5) is 17.5 Å². The van der Waals surface area contributed by atoms with Gasteiger partial charge in [0.05, 0.1) is 24.3 Å². The van der Waals surface area contributed by atoms with Gasteiger partial charge < -0.3 is 25.4 Å². The van der Waals surface area contributed by atoms with E-state index < -0.39 is 0 Å². The van der Waals surface area contributed by atoms with Gasteiger partial charge in [-0.15, -0.1) is 0 Å². The molecule has 36 heavy (non-hydrogen) atoms. The second-order valence-electron chi connectivity index (χ2n) is 8.54. The SMILES string of the molecule is CCOC(=O)c1cccc(OCCNc2nc(Nc3cc(C)[nH]n3)cc(C3CCNCC3)c2C#N)c1. The zero-order valence-electron chi connectivity index (χ0n) is 20.6. The molecule has 0 bridgehead atoms. The Bertz CT molecular complexity index is 1230. The second kappa shape index (κ2) is 12.0. The van der Waals surface area contributed by atoms with Gasteiger partial charge in [-0.2, -0.15) is 10.4 Å². The Morgan fingerprint density at radius 1 is 1.22 bits per heavy atom. The molecular weight excluding hydrogens is 458 g/mol. The van der Waals surface area contributed by atoms with Crippen molar-refractivity contribution in [3.63, 3.8) is 0 Å². The van der Waals surface area contributed by atoms with Crippen molar-refractivity contribution in [2.45, 2.75) is 32.6 Å². The maximum Gasteiger partial charge on any atom is 0.338 e. The first-order chi connectivity index (χ1) is 17.6. The van der Waals surface area contributed by atoms with Crippen LogP contribution in [0.3, 0.4) is 0 Å². The molecule has 0 atom stereocenters. The summed E-state index contributed by atoms with van der Waals surface area (Å²) < 4.78 is 10.9. The van der Waals surface area contributed by atoms with Crippen LogP contribution in [0.25, 0.3) is 0 Å². The molecule has 0 saturated carbocycles. The molecule has 1 aromatic carbocycles. The third-order valence-electron chi connectivity index (χ3n) is 5.91. The van der Waals surface area contributed by atoms with E-state index in [1.807, 2.05) is 19.1 Å². The fraction of sp³-hybridized carbons (Fsp3) is 0.385. The number of benzene rings is 1. The van der Waals surface area contributed by atoms with Crippen LogP contribution in [0.2, 0.25) is 0 Å². The first kappa shape index (κ1) is 25.0. The summed E-state index contributed by atoms with van der Waals surface area (Å²) in [6.07, 6.45) is 1.91. The molecule has 10 heteroatoms. The molecule has 1 fully saturated rings. The summed E-state index contributed by atoms with van der Waals surface area (Å²) in [5.41, 5.74) is 2.91. The molecule has 4 rings (SSSR count). The Morgan fingerprint density at radius 3 is 2.78 bits per heavy atom. The minimum atomic E-state index is -0.384. The molecule has 4 N–H and O–H groups in total. The number of aromatic amines is 1. The Hall–Kier alpha value is -4.10. The number of nitriles is 1. The molecule has 2 aromatic heterocycles. The average Bonchev–Trinajstić information content (AvgIpc) is 3.31. The van der Waals surface area contributed by atoms with Gasteiger partial charge in [-0.25, -0.2) is 9.78 Å². The van der Waals surface area contributed by atoms with Crippen LogP contribution >= 0.6 is 0 Å². The van der Waals surface area contributed by atoms with Gasteiger partial charge in [0, 0.05) is 11.8 Å². The topological polar surface area (TPSA) is 137 Å². The van der Waals surface area contributed by atoms with Crippen molar-refractivity contribution in [3.05, 3.63) is 58.8 Å². The minimum Gasteiger partial charge on any atom is -0.492 e. The summed E-state index contributed by atoms with van der Waals surface area (Å²) in [6, 6.07) is 13.1. The molecule has 0 radical (unpaired) electrons. The highest BCUT2D eigenvalue weighted by atomic mass is 16.5. The summed E-state index contributed by atoms with van der Waals surface area (Å²) in [6.45, 7) is 6.58. The molecule has 1 saturated heterocycles. The number of piperidine rings is 1. The van der Waals surface area contributed by atoms with Gasteiger partial charge in [0.25, 0.3) is 0 Å². The Labute approximate surface area is 210 Å². The number of hydrogen-bond acceptors (Lipinski definition) is 9. The van der Waals surface area contributed by atoms with Gasteiger partial charge in [-0.05, 0) is 75.5 Å². The van der Waals surface area contributed by atoms with E-state index in [1.165, 1.54) is 0 Å². The number of carbonyl (C=O) groups excluding carboxylic acids is 1. The van der Waals surface area contributed by atoms with Crippen molar-refractivity contribution in [1.82, 2.24) is 20.5 Å². The summed E-state index contributed by atoms with van der Waals surface area (Å²) in [7, 11) is 0. The molecule has 3 aromatic rings. The maximum atomic E-state index is 12.0. The molecule has 0 spiro atoms. The number of pyridine rings is 1. The number of anilines is 3. The predicted molar refractivity (Wildman–Crippen MR) is 137 cm³/mol. The van der Waals surface area contributed by atoms with Crippen molar-refractivity contribution < 1.29 is 14.3 Å². The van der Waals surface area contributed by atoms with E-state index in [2.05, 4.69) is 37.2 Å². The lowest BCUT2D eigenvalue weighted by atomic mass is 9.87. The third-order valence-corrected chi connectivity index (χ3v) is 5.91. The highest BCUT2D eigenvalue weighted by Gasteiger charge is 2.22. The summed E-state index contributed by atoms with van der Waals surface area (Å²) >= 11 is 0. The number of esters is 1. The largest absolute Gasteiger partial charge is 0.492 e. The van der Waals surface area contributed by atoms with Crippen molar-refractivity contribution in [3.8, 4) is 11.8 Å². The van der Waals surface area contributed by atoms with E-state index in [1.54, 1.807) is 31.2 Å². The van der Waals surface area contributed by atoms with Gasteiger partial charge in [0.2, 0.25) is 0 Å². The van der Waals surface area contributed by atoms with E-state index in [9.17, 15) is 10.1 Å². The first-order valence-corrected chi connectivity index (χ1v) is 12.2. The quantitative estimate of drug-likeness (QED) is 0.247. The van der Waals surface area contributed by atoms with Crippen molar-refractivity contribution in [2.75, 3.05) is 43.5 Å². The molecule has 1 aliphatic rings. The van der Waals surface area contributed by atoms with Gasteiger partial charge in [0.1, 0.15) is 30.1 Å². The number of rotatable bonds is 10. The summed E-state index contributed by atoms with van der Waals surface area (Å²) in [4.78, 5) is 16.6. The number of aryl methyl sites for hydroxylation is 1. The van der Waals surface area contributed by atoms with Gasteiger partial charge in [-0.1, -0.05) is 6.07 Å².